The van der Waals surface area contributed by atoms with Crippen molar-refractivity contribution in [3.8, 4) is 5.75 Å². The van der Waals surface area contributed by atoms with Crippen molar-refractivity contribution >= 4 is 0 Å². The van der Waals surface area contributed by atoms with Gasteiger partial charge < -0.3 is 10.1 Å². The van der Waals surface area contributed by atoms with Crippen LogP contribution < -0.4 is 10.1 Å². The molecular weight excluding hydrogens is 217 g/mol. The molecule has 0 aliphatic carbocycles. The Kier molecular flexibility index (Phi) is 5.98. The Morgan fingerprint density at radius 2 is 2.00 bits per heavy atom. The Bertz CT molecular complexity index is 337. The van der Waals surface area contributed by atoms with Gasteiger partial charge in [0.15, 0.2) is 11.6 Å². The largest absolute Gasteiger partial charge is 0.489 e. The van der Waals surface area contributed by atoms with E-state index in [1.807, 2.05) is 6.07 Å². The van der Waals surface area contributed by atoms with Gasteiger partial charge in [-0.25, -0.2) is 4.39 Å². The minimum absolute atomic E-state index is 0.255. The third-order valence-corrected chi connectivity index (χ3v) is 2.93. The summed E-state index contributed by atoms with van der Waals surface area (Å²) in [6.45, 7) is 7.30. The van der Waals surface area contributed by atoms with Crippen LogP contribution >= 0.6 is 0 Å². The van der Waals surface area contributed by atoms with E-state index >= 15 is 0 Å². The SMILES string of the molecule is CCC(CC)NCCOc1cccc(C)c1F. The van der Waals surface area contributed by atoms with E-state index < -0.39 is 0 Å². The van der Waals surface area contributed by atoms with E-state index in [1.165, 1.54) is 0 Å². The molecule has 0 saturated carbocycles. The van der Waals surface area contributed by atoms with Crippen LogP contribution in [0.1, 0.15) is 32.3 Å². The molecule has 0 radical (unpaired) electrons. The van der Waals surface area contributed by atoms with Crippen molar-refractivity contribution < 1.29 is 9.13 Å². The maximum absolute atomic E-state index is 13.6. The standard InChI is InChI=1S/C14H22FNO/c1-4-12(5-2)16-9-10-17-13-8-6-7-11(3)14(13)15/h6-8,12,16H,4-5,9-10H2,1-3H3. The monoisotopic (exact) mass is 239 g/mol. The highest BCUT2D eigenvalue weighted by Crippen LogP contribution is 2.19. The van der Waals surface area contributed by atoms with Gasteiger partial charge in [-0.1, -0.05) is 26.0 Å². The Labute approximate surface area is 103 Å². The second-order valence-corrected chi connectivity index (χ2v) is 4.20. The van der Waals surface area contributed by atoms with E-state index in [9.17, 15) is 4.39 Å². The number of nitrogens with one attached hydrogen (secondary N) is 1. The maximum atomic E-state index is 13.6. The van der Waals surface area contributed by atoms with Gasteiger partial charge in [-0.2, -0.15) is 0 Å². The summed E-state index contributed by atoms with van der Waals surface area (Å²) >= 11 is 0. The van der Waals surface area contributed by atoms with E-state index in [-0.39, 0.29) is 5.82 Å². The lowest BCUT2D eigenvalue weighted by Gasteiger charge is -2.15. The average Bonchev–Trinajstić information content (AvgIpc) is 2.34. The normalized spacial score (nSPS) is 10.9. The van der Waals surface area contributed by atoms with Crippen LogP contribution in [-0.4, -0.2) is 19.2 Å². The van der Waals surface area contributed by atoms with E-state index in [1.54, 1.807) is 19.1 Å². The van der Waals surface area contributed by atoms with Gasteiger partial charge in [-0.3, -0.25) is 0 Å². The fraction of sp³-hybridized carbons (Fsp3) is 0.571. The zero-order valence-corrected chi connectivity index (χ0v) is 10.9. The summed E-state index contributed by atoms with van der Waals surface area (Å²) in [7, 11) is 0. The topological polar surface area (TPSA) is 21.3 Å². The summed E-state index contributed by atoms with van der Waals surface area (Å²) in [5.74, 6) is 0.0892. The molecule has 0 unspecified atom stereocenters. The van der Waals surface area contributed by atoms with Gasteiger partial charge in [0.05, 0.1) is 0 Å². The Morgan fingerprint density at radius 1 is 1.29 bits per heavy atom. The number of hydrogen-bond donors (Lipinski definition) is 1. The van der Waals surface area contributed by atoms with Crippen molar-refractivity contribution in [2.75, 3.05) is 13.2 Å². The predicted molar refractivity (Wildman–Crippen MR) is 69.0 cm³/mol. The van der Waals surface area contributed by atoms with E-state index in [0.717, 1.165) is 19.4 Å². The molecule has 17 heavy (non-hydrogen) atoms. The van der Waals surface area contributed by atoms with Crippen molar-refractivity contribution in [3.05, 3.63) is 29.6 Å². The van der Waals surface area contributed by atoms with Gasteiger partial charge in [0.1, 0.15) is 6.61 Å². The molecule has 1 aromatic rings. The zero-order chi connectivity index (χ0) is 12.7. The first-order valence-corrected chi connectivity index (χ1v) is 6.30. The molecule has 1 N–H and O–H groups in total. The van der Waals surface area contributed by atoms with Crippen LogP contribution in [0.15, 0.2) is 18.2 Å². The minimum atomic E-state index is -0.255. The summed E-state index contributed by atoms with van der Waals surface area (Å²) in [5, 5.41) is 3.38. The molecule has 0 saturated heterocycles. The molecule has 0 atom stereocenters. The van der Waals surface area contributed by atoms with Crippen LogP contribution in [0.25, 0.3) is 0 Å². The van der Waals surface area contributed by atoms with Crippen molar-refractivity contribution in [1.29, 1.82) is 0 Å². The lowest BCUT2D eigenvalue weighted by atomic mass is 10.2. The summed E-state index contributed by atoms with van der Waals surface area (Å²) < 4.78 is 19.0. The number of halogens is 1. The van der Waals surface area contributed by atoms with Crippen LogP contribution in [0.3, 0.4) is 0 Å². The second kappa shape index (κ2) is 7.28. The molecule has 1 rings (SSSR count). The lowest BCUT2D eigenvalue weighted by Crippen LogP contribution is -2.31. The molecule has 0 fully saturated rings. The highest BCUT2D eigenvalue weighted by molar-refractivity contribution is 5.29. The molecule has 0 amide bonds. The Hall–Kier alpha value is -1.09. The second-order valence-electron chi connectivity index (χ2n) is 4.20. The van der Waals surface area contributed by atoms with Crippen molar-refractivity contribution in [2.45, 2.75) is 39.7 Å². The first-order chi connectivity index (χ1) is 8.19. The van der Waals surface area contributed by atoms with E-state index in [2.05, 4.69) is 19.2 Å². The zero-order valence-electron chi connectivity index (χ0n) is 10.9. The molecule has 3 heteroatoms. The first-order valence-electron chi connectivity index (χ1n) is 6.30. The van der Waals surface area contributed by atoms with Crippen molar-refractivity contribution in [3.63, 3.8) is 0 Å². The quantitative estimate of drug-likeness (QED) is 0.737. The van der Waals surface area contributed by atoms with Crippen LogP contribution in [0, 0.1) is 12.7 Å². The Morgan fingerprint density at radius 3 is 2.65 bits per heavy atom. The summed E-state index contributed by atoms with van der Waals surface area (Å²) in [4.78, 5) is 0. The fourth-order valence-electron chi connectivity index (χ4n) is 1.73. The highest BCUT2D eigenvalue weighted by atomic mass is 19.1. The van der Waals surface area contributed by atoms with Crippen molar-refractivity contribution in [2.24, 2.45) is 0 Å². The van der Waals surface area contributed by atoms with Crippen LogP contribution in [0.2, 0.25) is 0 Å². The van der Waals surface area contributed by atoms with Crippen molar-refractivity contribution in [1.82, 2.24) is 5.32 Å². The molecule has 0 aliphatic heterocycles. The van der Waals surface area contributed by atoms with Gasteiger partial charge in [-0.05, 0) is 31.4 Å². The number of ether oxygens (including phenoxy) is 1. The van der Waals surface area contributed by atoms with Crippen LogP contribution in [-0.2, 0) is 0 Å². The fourth-order valence-corrected chi connectivity index (χ4v) is 1.73. The number of rotatable bonds is 7. The van der Waals surface area contributed by atoms with Gasteiger partial charge in [0.25, 0.3) is 0 Å². The van der Waals surface area contributed by atoms with Crippen LogP contribution in [0.4, 0.5) is 4.39 Å². The third-order valence-electron chi connectivity index (χ3n) is 2.93. The molecule has 1 aromatic carbocycles. The number of aryl methyl sites for hydroxylation is 1. The van der Waals surface area contributed by atoms with E-state index in [0.29, 0.717) is 24.0 Å². The molecule has 0 aromatic heterocycles. The average molecular weight is 239 g/mol. The first kappa shape index (κ1) is 14.0. The van der Waals surface area contributed by atoms with Gasteiger partial charge >= 0.3 is 0 Å². The molecular formula is C14H22FNO. The van der Waals surface area contributed by atoms with Crippen LogP contribution in [0.5, 0.6) is 5.75 Å². The number of hydrogen-bond acceptors (Lipinski definition) is 2. The van der Waals surface area contributed by atoms with Gasteiger partial charge in [0, 0.05) is 12.6 Å². The summed E-state index contributed by atoms with van der Waals surface area (Å²) in [6, 6.07) is 5.74. The molecule has 0 spiro atoms. The van der Waals surface area contributed by atoms with Gasteiger partial charge in [0.2, 0.25) is 0 Å². The molecule has 0 heterocycles. The molecule has 2 nitrogen and oxygen atoms in total. The maximum Gasteiger partial charge on any atom is 0.167 e. The van der Waals surface area contributed by atoms with E-state index in [4.69, 9.17) is 4.74 Å². The minimum Gasteiger partial charge on any atom is -0.489 e. The smallest absolute Gasteiger partial charge is 0.167 e. The Balaban J connectivity index is 2.33. The van der Waals surface area contributed by atoms with Gasteiger partial charge in [-0.15, -0.1) is 0 Å². The highest BCUT2D eigenvalue weighted by Gasteiger charge is 2.06. The molecule has 96 valence electrons. The summed E-state index contributed by atoms with van der Waals surface area (Å²) in [6.07, 6.45) is 2.21. The summed E-state index contributed by atoms with van der Waals surface area (Å²) in [5.41, 5.74) is 0.621. The molecule has 0 bridgehead atoms. The third kappa shape index (κ3) is 4.35. The predicted octanol–water partition coefficient (Wildman–Crippen LogP) is 3.29. The lowest BCUT2D eigenvalue weighted by molar-refractivity contribution is 0.288. The molecule has 0 aliphatic rings. The number of benzene rings is 1.